The minimum atomic E-state index is 0.362. The number of likely N-dealkylation sites (tertiary alicyclic amines) is 2. The fraction of sp³-hybridized carbons (Fsp3) is 1.00. The lowest BCUT2D eigenvalue weighted by atomic mass is 9.65. The van der Waals surface area contributed by atoms with Crippen LogP contribution in [0.5, 0.6) is 0 Å². The molecule has 3 rings (SSSR count). The first-order valence-electron chi connectivity index (χ1n) is 9.09. The average molecular weight is 295 g/mol. The van der Waals surface area contributed by atoms with Gasteiger partial charge in [-0.15, -0.1) is 0 Å². The Hall–Kier alpha value is -0.160. The molecule has 1 unspecified atom stereocenters. The summed E-state index contributed by atoms with van der Waals surface area (Å²) in [7, 11) is 0. The van der Waals surface area contributed by atoms with Gasteiger partial charge in [0.05, 0.1) is 0 Å². The molecule has 2 N–H and O–H groups in total. The molecule has 3 aliphatic rings. The highest BCUT2D eigenvalue weighted by Crippen LogP contribution is 2.43. The lowest BCUT2D eigenvalue weighted by Gasteiger charge is -2.49. The van der Waals surface area contributed by atoms with Gasteiger partial charge in [0.2, 0.25) is 0 Å². The zero-order valence-electron chi connectivity index (χ0n) is 13.5. The second kappa shape index (κ2) is 7.40. The van der Waals surface area contributed by atoms with Gasteiger partial charge in [-0.25, -0.2) is 0 Å². The zero-order valence-corrected chi connectivity index (χ0v) is 13.5. The van der Waals surface area contributed by atoms with Gasteiger partial charge >= 0.3 is 0 Å². The van der Waals surface area contributed by atoms with E-state index in [0.717, 1.165) is 13.1 Å². The third-order valence-corrected chi connectivity index (χ3v) is 6.31. The van der Waals surface area contributed by atoms with Crippen molar-refractivity contribution < 1.29 is 5.11 Å². The monoisotopic (exact) mass is 295 g/mol. The van der Waals surface area contributed by atoms with E-state index in [1.807, 2.05) is 0 Å². The van der Waals surface area contributed by atoms with Crippen LogP contribution in [0.4, 0.5) is 0 Å². The molecular formula is C17H33N3O. The van der Waals surface area contributed by atoms with Crippen molar-refractivity contribution in [1.29, 1.82) is 0 Å². The summed E-state index contributed by atoms with van der Waals surface area (Å²) in [5.41, 5.74) is 0.432. The SMILES string of the molecule is OCC1CNCCC12CCN(CCN1CCCCC1)CC2. The molecule has 4 heteroatoms. The Morgan fingerprint density at radius 3 is 2.24 bits per heavy atom. The Bertz CT molecular complexity index is 309. The Kier molecular flexibility index (Phi) is 5.54. The summed E-state index contributed by atoms with van der Waals surface area (Å²) < 4.78 is 0. The quantitative estimate of drug-likeness (QED) is 0.816. The van der Waals surface area contributed by atoms with Gasteiger partial charge in [0.1, 0.15) is 0 Å². The van der Waals surface area contributed by atoms with Crippen LogP contribution in [0.1, 0.15) is 38.5 Å². The molecule has 0 radical (unpaired) electrons. The minimum absolute atomic E-state index is 0.362. The maximum absolute atomic E-state index is 9.69. The third-order valence-electron chi connectivity index (χ3n) is 6.31. The van der Waals surface area contributed by atoms with Crippen molar-refractivity contribution in [3.63, 3.8) is 0 Å². The van der Waals surface area contributed by atoms with Crippen molar-refractivity contribution in [2.24, 2.45) is 11.3 Å². The van der Waals surface area contributed by atoms with Crippen molar-refractivity contribution >= 4 is 0 Å². The minimum Gasteiger partial charge on any atom is -0.396 e. The number of hydrogen-bond acceptors (Lipinski definition) is 4. The Balaban J connectivity index is 1.43. The van der Waals surface area contributed by atoms with E-state index in [1.165, 1.54) is 77.8 Å². The standard InChI is InChI=1S/C17H33N3O/c21-15-16-14-18-7-4-17(16)5-10-20(11-6-17)13-12-19-8-2-1-3-9-19/h16,18,21H,1-15H2. The van der Waals surface area contributed by atoms with Crippen LogP contribution in [0.15, 0.2) is 0 Å². The van der Waals surface area contributed by atoms with Crippen molar-refractivity contribution in [2.45, 2.75) is 38.5 Å². The molecule has 0 aromatic heterocycles. The molecule has 21 heavy (non-hydrogen) atoms. The van der Waals surface area contributed by atoms with Crippen molar-refractivity contribution in [3.8, 4) is 0 Å². The van der Waals surface area contributed by atoms with Crippen LogP contribution in [0.25, 0.3) is 0 Å². The number of nitrogens with zero attached hydrogens (tertiary/aromatic N) is 2. The summed E-state index contributed by atoms with van der Waals surface area (Å²) in [6, 6.07) is 0. The van der Waals surface area contributed by atoms with Crippen LogP contribution in [0.3, 0.4) is 0 Å². The summed E-state index contributed by atoms with van der Waals surface area (Å²) in [4.78, 5) is 5.31. The Labute approximate surface area is 129 Å². The summed E-state index contributed by atoms with van der Waals surface area (Å²) in [6.07, 6.45) is 8.07. The summed E-state index contributed by atoms with van der Waals surface area (Å²) >= 11 is 0. The van der Waals surface area contributed by atoms with Gasteiger partial charge in [0.25, 0.3) is 0 Å². The van der Waals surface area contributed by atoms with E-state index >= 15 is 0 Å². The number of aliphatic hydroxyl groups is 1. The number of nitrogens with one attached hydrogen (secondary N) is 1. The third kappa shape index (κ3) is 3.79. The highest BCUT2D eigenvalue weighted by molar-refractivity contribution is 4.95. The molecule has 0 amide bonds. The fourth-order valence-electron chi connectivity index (χ4n) is 4.64. The smallest absolute Gasteiger partial charge is 0.0476 e. The highest BCUT2D eigenvalue weighted by Gasteiger charge is 2.42. The van der Waals surface area contributed by atoms with Crippen LogP contribution in [0, 0.1) is 11.3 Å². The van der Waals surface area contributed by atoms with Crippen LogP contribution >= 0.6 is 0 Å². The molecule has 0 aromatic carbocycles. The van der Waals surface area contributed by atoms with Gasteiger partial charge in [-0.1, -0.05) is 6.42 Å². The second-order valence-corrected chi connectivity index (χ2v) is 7.44. The lowest BCUT2D eigenvalue weighted by Crippen LogP contribution is -2.53. The molecule has 3 saturated heterocycles. The molecule has 1 atom stereocenters. The summed E-state index contributed by atoms with van der Waals surface area (Å²) in [6.45, 7) is 10.1. The van der Waals surface area contributed by atoms with Gasteiger partial charge in [0, 0.05) is 32.2 Å². The predicted molar refractivity (Wildman–Crippen MR) is 86.5 cm³/mol. The van der Waals surface area contributed by atoms with Gasteiger partial charge in [-0.05, 0) is 70.2 Å². The molecular weight excluding hydrogens is 262 g/mol. The Morgan fingerprint density at radius 2 is 1.57 bits per heavy atom. The first-order chi connectivity index (χ1) is 10.3. The van der Waals surface area contributed by atoms with Crippen molar-refractivity contribution in [1.82, 2.24) is 15.1 Å². The average Bonchev–Trinajstić information content (AvgIpc) is 2.56. The molecule has 3 heterocycles. The molecule has 122 valence electrons. The van der Waals surface area contributed by atoms with E-state index in [2.05, 4.69) is 15.1 Å². The predicted octanol–water partition coefficient (Wildman–Crippen LogP) is 1.16. The van der Waals surface area contributed by atoms with Crippen LogP contribution < -0.4 is 5.32 Å². The van der Waals surface area contributed by atoms with E-state index in [4.69, 9.17) is 0 Å². The summed E-state index contributed by atoms with van der Waals surface area (Å²) in [5, 5.41) is 13.1. The maximum Gasteiger partial charge on any atom is 0.0476 e. The maximum atomic E-state index is 9.69. The van der Waals surface area contributed by atoms with E-state index in [0.29, 0.717) is 17.9 Å². The van der Waals surface area contributed by atoms with Crippen LogP contribution in [-0.2, 0) is 0 Å². The number of aliphatic hydroxyl groups excluding tert-OH is 1. The highest BCUT2D eigenvalue weighted by atomic mass is 16.3. The van der Waals surface area contributed by atoms with E-state index < -0.39 is 0 Å². The molecule has 0 aromatic rings. The first kappa shape index (κ1) is 15.7. The molecule has 4 nitrogen and oxygen atoms in total. The fourth-order valence-corrected chi connectivity index (χ4v) is 4.64. The second-order valence-electron chi connectivity index (χ2n) is 7.44. The van der Waals surface area contributed by atoms with Gasteiger partial charge < -0.3 is 20.2 Å². The molecule has 0 saturated carbocycles. The van der Waals surface area contributed by atoms with E-state index in [-0.39, 0.29) is 0 Å². The molecule has 1 spiro atoms. The first-order valence-corrected chi connectivity index (χ1v) is 9.09. The van der Waals surface area contributed by atoms with Crippen molar-refractivity contribution in [2.75, 3.05) is 59.0 Å². The lowest BCUT2D eigenvalue weighted by molar-refractivity contribution is -0.00593. The van der Waals surface area contributed by atoms with Crippen molar-refractivity contribution in [3.05, 3.63) is 0 Å². The molecule has 3 fully saturated rings. The molecule has 0 bridgehead atoms. The normalized spacial score (nSPS) is 31.6. The molecule has 3 aliphatic heterocycles. The molecule has 0 aliphatic carbocycles. The largest absolute Gasteiger partial charge is 0.396 e. The summed E-state index contributed by atoms with van der Waals surface area (Å²) in [5.74, 6) is 0.482. The number of piperidine rings is 3. The van der Waals surface area contributed by atoms with E-state index in [9.17, 15) is 5.11 Å². The van der Waals surface area contributed by atoms with Gasteiger partial charge in [-0.3, -0.25) is 0 Å². The Morgan fingerprint density at radius 1 is 0.905 bits per heavy atom. The topological polar surface area (TPSA) is 38.7 Å². The number of hydrogen-bond donors (Lipinski definition) is 2. The van der Waals surface area contributed by atoms with Crippen LogP contribution in [0.2, 0.25) is 0 Å². The number of rotatable bonds is 4. The van der Waals surface area contributed by atoms with Crippen LogP contribution in [-0.4, -0.2) is 73.9 Å². The van der Waals surface area contributed by atoms with Gasteiger partial charge in [0.15, 0.2) is 0 Å². The zero-order chi connectivity index (χ0) is 14.5. The van der Waals surface area contributed by atoms with Gasteiger partial charge in [-0.2, -0.15) is 0 Å². The van der Waals surface area contributed by atoms with E-state index in [1.54, 1.807) is 0 Å².